The highest BCUT2D eigenvalue weighted by Gasteiger charge is 1.74. The Labute approximate surface area is 87.9 Å². The lowest BCUT2D eigenvalue weighted by atomic mass is 10.4. The number of aldehydes is 1. The van der Waals surface area contributed by atoms with Gasteiger partial charge in [0.25, 0.3) is 0 Å². The monoisotopic (exact) mass is 214 g/mol. The first-order valence-corrected chi connectivity index (χ1v) is 4.28. The number of nitrogens with one attached hydrogen (secondary N) is 2. The van der Waals surface area contributed by atoms with Gasteiger partial charge in [0.1, 0.15) is 17.3 Å². The van der Waals surface area contributed by atoms with E-state index < -0.39 is 0 Å². The molecule has 0 aliphatic carbocycles. The molecule has 0 radical (unpaired) electrons. The maximum atomic E-state index is 9.17. The van der Waals surface area contributed by atoms with E-state index in [0.717, 1.165) is 11.3 Å². The molecule has 0 spiro atoms. The van der Waals surface area contributed by atoms with Crippen LogP contribution in [-0.4, -0.2) is 6.29 Å². The van der Waals surface area contributed by atoms with Crippen LogP contribution in [0.5, 0.6) is 0 Å². The second-order valence-electron chi connectivity index (χ2n) is 1.98. The maximum absolute atomic E-state index is 9.17. The Bertz CT molecular complexity index is 258. The van der Waals surface area contributed by atoms with Crippen LogP contribution in [0.1, 0.15) is 13.3 Å². The Morgan fingerprint density at radius 2 is 1.71 bits per heavy atom. The molecule has 1 rings (SSSR count). The van der Waals surface area contributed by atoms with Crippen LogP contribution < -0.4 is 4.91 Å². The number of carbonyl (C=O) groups is 1. The Balaban J connectivity index is 0. The van der Waals surface area contributed by atoms with E-state index in [9.17, 15) is 4.79 Å². The molecule has 0 saturated heterocycles. The van der Waals surface area contributed by atoms with Crippen molar-refractivity contribution in [3.05, 3.63) is 35.4 Å². The van der Waals surface area contributed by atoms with Crippen molar-refractivity contribution in [2.24, 2.45) is 0 Å². The highest BCUT2D eigenvalue weighted by Crippen LogP contribution is 2.03. The molecule has 0 heterocycles. The van der Waals surface area contributed by atoms with Gasteiger partial charge in [-0.05, 0) is 12.1 Å². The van der Waals surface area contributed by atoms with Gasteiger partial charge in [0.2, 0.25) is 4.91 Å². The summed E-state index contributed by atoms with van der Waals surface area (Å²) >= 11 is 5.54. The largest absolute Gasteiger partial charge is 0.303 e. The fourth-order valence-electron chi connectivity index (χ4n) is 0.415. The van der Waals surface area contributed by atoms with Crippen molar-refractivity contribution in [1.82, 2.24) is 4.91 Å². The SMILES string of the molecule is CCC=O.Clc1ccccc1.N=[N+]=N. The number of nitrogens with zero attached hydrogens (tertiary/aromatic N) is 1. The molecule has 0 amide bonds. The molecule has 0 atom stereocenters. The van der Waals surface area contributed by atoms with Gasteiger partial charge >= 0.3 is 0 Å². The van der Waals surface area contributed by atoms with Gasteiger partial charge < -0.3 is 4.79 Å². The van der Waals surface area contributed by atoms with Crippen molar-refractivity contribution >= 4 is 17.9 Å². The average Bonchev–Trinajstić information content (AvgIpc) is 2.21. The molecule has 0 bridgehead atoms. The van der Waals surface area contributed by atoms with Gasteiger partial charge in [0, 0.05) is 11.4 Å². The molecule has 1 aromatic carbocycles. The number of hydrogen-bond donors (Lipinski definition) is 2. The zero-order chi connectivity index (χ0) is 11.2. The normalized spacial score (nSPS) is 6.71. The topological polar surface area (TPSA) is 78.9 Å². The Morgan fingerprint density at radius 1 is 1.36 bits per heavy atom. The van der Waals surface area contributed by atoms with Crippen molar-refractivity contribution in [2.45, 2.75) is 13.3 Å². The number of benzene rings is 1. The number of carbonyl (C=O) groups excluding carboxylic acids is 1. The minimum Gasteiger partial charge on any atom is -0.303 e. The molecule has 0 aliphatic heterocycles. The minimum atomic E-state index is 0.639. The molecule has 14 heavy (non-hydrogen) atoms. The summed E-state index contributed by atoms with van der Waals surface area (Å²) < 4.78 is 0. The number of rotatable bonds is 1. The van der Waals surface area contributed by atoms with Crippen molar-refractivity contribution in [3.63, 3.8) is 0 Å². The first-order valence-electron chi connectivity index (χ1n) is 3.90. The van der Waals surface area contributed by atoms with Gasteiger partial charge in [-0.25, -0.2) is 0 Å². The van der Waals surface area contributed by atoms with E-state index in [0.29, 0.717) is 6.42 Å². The zero-order valence-electron chi connectivity index (χ0n) is 7.90. The van der Waals surface area contributed by atoms with Crippen LogP contribution in [0.15, 0.2) is 30.3 Å². The lowest BCUT2D eigenvalue weighted by molar-refractivity contribution is -0.107. The van der Waals surface area contributed by atoms with Crippen LogP contribution >= 0.6 is 11.6 Å². The van der Waals surface area contributed by atoms with Crippen molar-refractivity contribution in [1.29, 1.82) is 11.1 Å². The van der Waals surface area contributed by atoms with Gasteiger partial charge in [0.05, 0.1) is 0 Å². The Morgan fingerprint density at radius 3 is 1.86 bits per heavy atom. The van der Waals surface area contributed by atoms with E-state index >= 15 is 0 Å². The average molecular weight is 215 g/mol. The Hall–Kier alpha value is -1.51. The second-order valence-corrected chi connectivity index (χ2v) is 2.42. The van der Waals surface area contributed by atoms with E-state index in [1.54, 1.807) is 0 Å². The van der Waals surface area contributed by atoms with E-state index in [2.05, 4.69) is 0 Å². The summed E-state index contributed by atoms with van der Waals surface area (Å²) in [5.41, 5.74) is 11.0. The number of hydrogen-bond acceptors (Lipinski definition) is 3. The highest BCUT2D eigenvalue weighted by atomic mass is 35.5. The van der Waals surface area contributed by atoms with Crippen LogP contribution in [0.4, 0.5) is 0 Å². The molecule has 0 fully saturated rings. The third-order valence-electron chi connectivity index (χ3n) is 0.900. The van der Waals surface area contributed by atoms with Crippen LogP contribution in [-0.2, 0) is 4.79 Å². The maximum Gasteiger partial charge on any atom is 0.211 e. The van der Waals surface area contributed by atoms with Gasteiger partial charge in [0.15, 0.2) is 0 Å². The van der Waals surface area contributed by atoms with Gasteiger partial charge in [-0.1, -0.05) is 36.7 Å². The fourth-order valence-corrected chi connectivity index (χ4v) is 0.560. The Kier molecular flexibility index (Phi) is 15.0. The van der Waals surface area contributed by atoms with E-state index in [-0.39, 0.29) is 0 Å². The molecule has 5 heteroatoms. The second kappa shape index (κ2) is 14.0. The summed E-state index contributed by atoms with van der Waals surface area (Å²) in [7, 11) is 0. The molecule has 2 N–H and O–H groups in total. The molecule has 76 valence electrons. The molecule has 0 aliphatic rings. The van der Waals surface area contributed by atoms with Crippen LogP contribution in [0, 0.1) is 11.1 Å². The lowest BCUT2D eigenvalue weighted by Gasteiger charge is -1.80. The standard InChI is InChI=1S/C6H5Cl.C3H6O.H2N3/c7-6-4-2-1-3-5-6;1-2-3-4;1-3-2/h1-5H;3H,2H2,1H3;1-2H/q;;+1. The van der Waals surface area contributed by atoms with E-state index in [1.165, 1.54) is 0 Å². The van der Waals surface area contributed by atoms with Crippen LogP contribution in [0.3, 0.4) is 0 Å². The zero-order valence-corrected chi connectivity index (χ0v) is 8.66. The smallest absolute Gasteiger partial charge is 0.211 e. The summed E-state index contributed by atoms with van der Waals surface area (Å²) in [6.07, 6.45) is 1.51. The summed E-state index contributed by atoms with van der Waals surface area (Å²) in [5, 5.41) is 0.794. The van der Waals surface area contributed by atoms with Crippen molar-refractivity contribution in [2.75, 3.05) is 0 Å². The molecular formula is C9H13ClN3O+. The third-order valence-corrected chi connectivity index (χ3v) is 1.15. The molecule has 1 aromatic rings. The molecule has 4 nitrogen and oxygen atoms in total. The first-order chi connectivity index (χ1) is 6.72. The van der Waals surface area contributed by atoms with E-state index in [4.69, 9.17) is 22.7 Å². The summed E-state index contributed by atoms with van der Waals surface area (Å²) in [4.78, 5) is 11.2. The van der Waals surface area contributed by atoms with Crippen LogP contribution in [0.25, 0.3) is 0 Å². The van der Waals surface area contributed by atoms with Gasteiger partial charge in [-0.3, -0.25) is 0 Å². The molecule has 0 unspecified atom stereocenters. The molecule has 0 aromatic heterocycles. The predicted molar refractivity (Wildman–Crippen MR) is 55.4 cm³/mol. The van der Waals surface area contributed by atoms with Crippen molar-refractivity contribution < 1.29 is 4.79 Å². The fraction of sp³-hybridized carbons (Fsp3) is 0.222. The third kappa shape index (κ3) is 16.8. The number of halogens is 1. The lowest BCUT2D eigenvalue weighted by Crippen LogP contribution is -1.55. The molecular weight excluding hydrogens is 202 g/mol. The highest BCUT2D eigenvalue weighted by molar-refractivity contribution is 6.30. The van der Waals surface area contributed by atoms with Crippen molar-refractivity contribution in [3.8, 4) is 0 Å². The summed E-state index contributed by atoms with van der Waals surface area (Å²) in [5.74, 6) is 0. The van der Waals surface area contributed by atoms with Crippen LogP contribution in [0.2, 0.25) is 5.02 Å². The first kappa shape index (κ1) is 15.0. The van der Waals surface area contributed by atoms with Gasteiger partial charge in [-0.15, -0.1) is 0 Å². The summed E-state index contributed by atoms with van der Waals surface area (Å²) in [6.45, 7) is 1.81. The quantitative estimate of drug-likeness (QED) is 0.421. The summed E-state index contributed by atoms with van der Waals surface area (Å²) in [6, 6.07) is 9.44. The minimum absolute atomic E-state index is 0.639. The predicted octanol–water partition coefficient (Wildman–Crippen LogP) is 3.05. The van der Waals surface area contributed by atoms with E-state index in [1.807, 2.05) is 42.2 Å². The molecule has 0 saturated carbocycles. The van der Waals surface area contributed by atoms with Gasteiger partial charge in [-0.2, -0.15) is 0 Å².